The first-order chi connectivity index (χ1) is 26.2. The molecule has 0 N–H and O–H groups in total. The number of allylic oxidation sites excluding steroid dienone is 1. The lowest BCUT2D eigenvalue weighted by Gasteiger charge is -2.19. The van der Waals surface area contributed by atoms with E-state index in [2.05, 4.69) is 177 Å². The number of rotatable bonds is 7. The molecular formula is C51H38O2. The van der Waals surface area contributed by atoms with Crippen molar-refractivity contribution in [2.45, 2.75) is 25.9 Å². The Morgan fingerprint density at radius 3 is 1.94 bits per heavy atom. The molecule has 0 fully saturated rings. The van der Waals surface area contributed by atoms with Crippen LogP contribution in [0.15, 0.2) is 180 Å². The molecule has 53 heavy (non-hydrogen) atoms. The molecule has 0 saturated carbocycles. The second-order valence-electron chi connectivity index (χ2n) is 14.2. The Bertz CT molecular complexity index is 2830. The van der Waals surface area contributed by atoms with Gasteiger partial charge in [-0.1, -0.05) is 159 Å². The molecule has 2 heterocycles. The molecule has 1 aliphatic heterocycles. The van der Waals surface area contributed by atoms with Crippen molar-refractivity contribution in [1.29, 1.82) is 0 Å². The summed E-state index contributed by atoms with van der Waals surface area (Å²) in [6.07, 6.45) is 8.58. The van der Waals surface area contributed by atoms with Gasteiger partial charge >= 0.3 is 0 Å². The first-order valence-electron chi connectivity index (χ1n) is 18.7. The van der Waals surface area contributed by atoms with Crippen molar-refractivity contribution < 1.29 is 9.15 Å². The molecule has 0 spiro atoms. The third-order valence-corrected chi connectivity index (χ3v) is 11.1. The Kier molecular flexibility index (Phi) is 7.69. The van der Waals surface area contributed by atoms with E-state index in [1.807, 2.05) is 6.07 Å². The molecule has 0 aliphatic carbocycles. The number of benzene rings is 8. The standard InChI is InChI=1S/C51H38O2/c1-2-33-32-47(35-16-4-3-5-17-35)52-45(33)26-14-19-36-29-30-44(50-43-24-12-13-25-46(43)53-51(36)50)49-41-22-10-8-20-39(41)48(40-21-9-11-23-42(40)49)38-28-27-34-15-6-7-18-37(34)31-38/h3-18,20-33,45H,2,19H2,1H3/b26-14-. The molecule has 1 aromatic heterocycles. The molecule has 8 aromatic carbocycles. The zero-order valence-corrected chi connectivity index (χ0v) is 29.6. The predicted octanol–water partition coefficient (Wildman–Crippen LogP) is 13.9. The fraction of sp³-hybridized carbons (Fsp3) is 0.0980. The van der Waals surface area contributed by atoms with Gasteiger partial charge in [-0.2, -0.15) is 0 Å². The van der Waals surface area contributed by atoms with Gasteiger partial charge in [0.15, 0.2) is 0 Å². The third kappa shape index (κ3) is 5.33. The lowest BCUT2D eigenvalue weighted by molar-refractivity contribution is 0.195. The second-order valence-corrected chi connectivity index (χ2v) is 14.2. The average molecular weight is 683 g/mol. The van der Waals surface area contributed by atoms with Crippen LogP contribution < -0.4 is 0 Å². The fourth-order valence-electron chi connectivity index (χ4n) is 8.52. The molecule has 9 aromatic rings. The summed E-state index contributed by atoms with van der Waals surface area (Å²) in [5, 5.41) is 9.76. The van der Waals surface area contributed by atoms with Crippen molar-refractivity contribution in [3.05, 3.63) is 187 Å². The summed E-state index contributed by atoms with van der Waals surface area (Å²) in [7, 11) is 0. The summed E-state index contributed by atoms with van der Waals surface area (Å²) in [5.41, 5.74) is 9.08. The average Bonchev–Trinajstić information content (AvgIpc) is 3.82. The van der Waals surface area contributed by atoms with Crippen LogP contribution in [0.1, 0.15) is 24.5 Å². The smallest absolute Gasteiger partial charge is 0.139 e. The van der Waals surface area contributed by atoms with Crippen LogP contribution in [0.3, 0.4) is 0 Å². The number of hydrogen-bond acceptors (Lipinski definition) is 2. The van der Waals surface area contributed by atoms with Crippen molar-refractivity contribution in [2.75, 3.05) is 0 Å². The van der Waals surface area contributed by atoms with Crippen LogP contribution in [0.4, 0.5) is 0 Å². The molecule has 2 nitrogen and oxygen atoms in total. The molecule has 1 aliphatic rings. The second kappa shape index (κ2) is 13.0. The molecule has 0 saturated heterocycles. The van der Waals surface area contributed by atoms with Crippen LogP contribution in [-0.4, -0.2) is 6.10 Å². The van der Waals surface area contributed by atoms with Crippen molar-refractivity contribution in [3.63, 3.8) is 0 Å². The largest absolute Gasteiger partial charge is 0.485 e. The third-order valence-electron chi connectivity index (χ3n) is 11.1. The van der Waals surface area contributed by atoms with Crippen LogP contribution in [0.25, 0.3) is 82.3 Å². The predicted molar refractivity (Wildman–Crippen MR) is 223 cm³/mol. The van der Waals surface area contributed by atoms with E-state index in [9.17, 15) is 0 Å². The molecule has 0 radical (unpaired) electrons. The van der Waals surface area contributed by atoms with Gasteiger partial charge in [0.05, 0.1) is 0 Å². The first kappa shape index (κ1) is 31.4. The Balaban J connectivity index is 1.12. The molecule has 2 heteroatoms. The lowest BCUT2D eigenvalue weighted by Crippen LogP contribution is -2.12. The van der Waals surface area contributed by atoms with Gasteiger partial charge in [0.25, 0.3) is 0 Å². The van der Waals surface area contributed by atoms with E-state index >= 15 is 0 Å². The quantitative estimate of drug-likeness (QED) is 0.123. The molecule has 2 unspecified atom stereocenters. The topological polar surface area (TPSA) is 22.4 Å². The van der Waals surface area contributed by atoms with Crippen molar-refractivity contribution in [3.8, 4) is 22.3 Å². The molecule has 0 amide bonds. The van der Waals surface area contributed by atoms with E-state index in [1.165, 1.54) is 60.1 Å². The van der Waals surface area contributed by atoms with Gasteiger partial charge in [0.2, 0.25) is 0 Å². The molecule has 2 atom stereocenters. The zero-order chi connectivity index (χ0) is 35.3. The lowest BCUT2D eigenvalue weighted by atomic mass is 9.84. The minimum Gasteiger partial charge on any atom is -0.485 e. The maximum Gasteiger partial charge on any atom is 0.139 e. The highest BCUT2D eigenvalue weighted by Crippen LogP contribution is 2.47. The minimum absolute atomic E-state index is 0.0134. The Labute approximate surface area is 309 Å². The summed E-state index contributed by atoms with van der Waals surface area (Å²) in [4.78, 5) is 0. The van der Waals surface area contributed by atoms with E-state index in [4.69, 9.17) is 9.15 Å². The van der Waals surface area contributed by atoms with E-state index in [0.717, 1.165) is 46.1 Å². The van der Waals surface area contributed by atoms with Gasteiger partial charge in [0.1, 0.15) is 23.0 Å². The number of hydrogen-bond donors (Lipinski definition) is 0. The first-order valence-corrected chi connectivity index (χ1v) is 18.7. The van der Waals surface area contributed by atoms with Gasteiger partial charge in [-0.3, -0.25) is 0 Å². The van der Waals surface area contributed by atoms with Gasteiger partial charge in [0, 0.05) is 22.3 Å². The van der Waals surface area contributed by atoms with Gasteiger partial charge in [-0.15, -0.1) is 0 Å². The van der Waals surface area contributed by atoms with Crippen LogP contribution in [0, 0.1) is 5.92 Å². The fourth-order valence-corrected chi connectivity index (χ4v) is 8.52. The highest BCUT2D eigenvalue weighted by molar-refractivity contribution is 6.26. The number of para-hydroxylation sites is 1. The normalized spacial score (nSPS) is 16.0. The summed E-state index contributed by atoms with van der Waals surface area (Å²) in [5.74, 6) is 1.32. The molecule has 10 rings (SSSR count). The summed E-state index contributed by atoms with van der Waals surface area (Å²) >= 11 is 0. The maximum atomic E-state index is 6.77. The summed E-state index contributed by atoms with van der Waals surface area (Å²) < 4.78 is 13.3. The van der Waals surface area contributed by atoms with Crippen molar-refractivity contribution >= 4 is 60.0 Å². The molecular weight excluding hydrogens is 645 g/mol. The van der Waals surface area contributed by atoms with Crippen LogP contribution in [-0.2, 0) is 11.2 Å². The summed E-state index contributed by atoms with van der Waals surface area (Å²) in [6.45, 7) is 2.23. The van der Waals surface area contributed by atoms with Crippen LogP contribution in [0.2, 0.25) is 0 Å². The van der Waals surface area contributed by atoms with E-state index in [0.29, 0.717) is 5.92 Å². The van der Waals surface area contributed by atoms with Crippen molar-refractivity contribution in [1.82, 2.24) is 0 Å². The van der Waals surface area contributed by atoms with Crippen LogP contribution in [0.5, 0.6) is 0 Å². The molecule has 0 bridgehead atoms. The number of ether oxygens (including phenoxy) is 1. The van der Waals surface area contributed by atoms with E-state index < -0.39 is 0 Å². The number of furan rings is 1. The number of fused-ring (bicyclic) bond motifs is 6. The maximum absolute atomic E-state index is 6.77. The van der Waals surface area contributed by atoms with E-state index in [1.54, 1.807) is 0 Å². The van der Waals surface area contributed by atoms with Crippen LogP contribution >= 0.6 is 0 Å². The van der Waals surface area contributed by atoms with E-state index in [-0.39, 0.29) is 6.10 Å². The SMILES string of the molecule is CCC1C=C(c2ccccc2)OC1/C=C\Cc1ccc(-c2c3ccccc3c(-c3ccc4ccccc4c3)c3ccccc23)c2c1oc1ccccc12. The highest BCUT2D eigenvalue weighted by Gasteiger charge is 2.27. The Morgan fingerprint density at radius 1 is 0.566 bits per heavy atom. The Hall–Kier alpha value is -6.38. The monoisotopic (exact) mass is 682 g/mol. The zero-order valence-electron chi connectivity index (χ0n) is 29.6. The van der Waals surface area contributed by atoms with Crippen molar-refractivity contribution in [2.24, 2.45) is 5.92 Å². The highest BCUT2D eigenvalue weighted by atomic mass is 16.5. The molecule has 254 valence electrons. The summed E-state index contributed by atoms with van der Waals surface area (Å²) in [6, 6.07) is 56.8. The van der Waals surface area contributed by atoms with Gasteiger partial charge in [-0.25, -0.2) is 0 Å². The van der Waals surface area contributed by atoms with Gasteiger partial charge in [-0.05, 0) is 97.3 Å². The Morgan fingerprint density at radius 2 is 1.21 bits per heavy atom. The van der Waals surface area contributed by atoms with Gasteiger partial charge < -0.3 is 9.15 Å². The minimum atomic E-state index is 0.0134.